The molecule has 5 aliphatic rings. The fourth-order valence-corrected chi connectivity index (χ4v) is 11.9. The third-order valence-corrected chi connectivity index (χ3v) is 15.9. The van der Waals surface area contributed by atoms with Gasteiger partial charge in [-0.1, -0.05) is 45.0 Å². The Labute approximate surface area is 397 Å². The maximum absolute atomic E-state index is 16.0. The summed E-state index contributed by atoms with van der Waals surface area (Å²) in [6.07, 6.45) is -9.42. The number of fused-ring (bicyclic) bond motifs is 5. The summed E-state index contributed by atoms with van der Waals surface area (Å²) in [6.45, 7) is 11.5. The summed E-state index contributed by atoms with van der Waals surface area (Å²) in [4.78, 5) is 89.8. The van der Waals surface area contributed by atoms with E-state index in [1.54, 1.807) is 56.5 Å². The highest BCUT2D eigenvalue weighted by Crippen LogP contribution is 2.64. The van der Waals surface area contributed by atoms with Crippen LogP contribution in [0.5, 0.6) is 0 Å². The minimum absolute atomic E-state index is 0.00348. The second-order valence-corrected chi connectivity index (χ2v) is 20.1. The number of esters is 3. The number of furan rings is 1. The van der Waals surface area contributed by atoms with E-state index < -0.39 is 113 Å². The zero-order valence-electron chi connectivity index (χ0n) is 38.9. The molecule has 0 radical (unpaired) electrons. The molecule has 366 valence electrons. The van der Waals surface area contributed by atoms with E-state index in [9.17, 15) is 39.3 Å². The van der Waals surface area contributed by atoms with E-state index in [1.807, 2.05) is 0 Å². The predicted molar refractivity (Wildman–Crippen MR) is 241 cm³/mol. The van der Waals surface area contributed by atoms with Crippen molar-refractivity contribution in [1.29, 1.82) is 0 Å². The second-order valence-electron chi connectivity index (χ2n) is 19.2. The summed E-state index contributed by atoms with van der Waals surface area (Å²) in [5, 5.41) is 42.4. The fraction of sp³-hybridized carbons (Fsp3) is 0.551. The van der Waals surface area contributed by atoms with E-state index in [0.717, 1.165) is 31.2 Å². The van der Waals surface area contributed by atoms with Crippen molar-refractivity contribution in [3.05, 3.63) is 93.6 Å². The van der Waals surface area contributed by atoms with Crippen LogP contribution in [0.1, 0.15) is 92.6 Å². The number of Topliss-reactive ketones (excluding diaryl/α,β-unsaturated/α-hetero) is 1. The summed E-state index contributed by atoms with van der Waals surface area (Å²) in [6, 6.07) is 12.6. The summed E-state index contributed by atoms with van der Waals surface area (Å²) < 4.78 is 36.6. The number of ether oxygens (including phenoxy) is 5. The van der Waals surface area contributed by atoms with Gasteiger partial charge in [0.25, 0.3) is 5.91 Å². The van der Waals surface area contributed by atoms with Crippen molar-refractivity contribution >= 4 is 47.0 Å². The summed E-state index contributed by atoms with van der Waals surface area (Å²) in [5.74, 6) is -6.02. The Kier molecular flexibility index (Phi) is 13.6. The van der Waals surface area contributed by atoms with Gasteiger partial charge in [0.05, 0.1) is 40.7 Å². The van der Waals surface area contributed by atoms with Gasteiger partial charge >= 0.3 is 24.0 Å². The smallest absolute Gasteiger partial charge is 0.410 e. The van der Waals surface area contributed by atoms with Crippen molar-refractivity contribution < 1.29 is 72.2 Å². The molecule has 11 atom stereocenters. The predicted octanol–water partition coefficient (Wildman–Crippen LogP) is 3.99. The topological polar surface area (TPSA) is 241 Å². The van der Waals surface area contributed by atoms with Crippen molar-refractivity contribution in [3.63, 3.8) is 0 Å². The Morgan fingerprint density at radius 2 is 1.69 bits per heavy atom. The highest BCUT2D eigenvalue weighted by molar-refractivity contribution is 7.12. The van der Waals surface area contributed by atoms with E-state index in [-0.39, 0.29) is 53.5 Å². The number of nitrogens with zero attached hydrogens (tertiary/aromatic N) is 2. The monoisotopic (exact) mass is 961 g/mol. The van der Waals surface area contributed by atoms with Crippen molar-refractivity contribution in [2.75, 3.05) is 39.3 Å². The Balaban J connectivity index is 1.28. The lowest BCUT2D eigenvalue weighted by Gasteiger charge is -2.67. The first-order valence-electron chi connectivity index (χ1n) is 23.0. The molecule has 3 aromatic rings. The van der Waals surface area contributed by atoms with E-state index in [2.05, 4.69) is 17.1 Å². The lowest BCUT2D eigenvalue weighted by molar-refractivity contribution is -0.345. The molecule has 68 heavy (non-hydrogen) atoms. The molecule has 4 N–H and O–H groups in total. The average Bonchev–Trinajstić information content (AvgIpc) is 4.06. The molecular weight excluding hydrogens is 903 g/mol. The average molecular weight is 962 g/mol. The number of aliphatic hydroxyl groups is 3. The van der Waals surface area contributed by atoms with Crippen LogP contribution in [-0.4, -0.2) is 148 Å². The molecule has 19 heteroatoms. The van der Waals surface area contributed by atoms with Crippen LogP contribution in [0.15, 0.2) is 81.8 Å². The van der Waals surface area contributed by atoms with Gasteiger partial charge in [-0.3, -0.25) is 19.3 Å². The molecule has 3 aliphatic carbocycles. The molecular formula is C49H59N3O15S. The van der Waals surface area contributed by atoms with Crippen LogP contribution in [-0.2, 0) is 38.1 Å². The molecule has 0 spiro atoms. The van der Waals surface area contributed by atoms with Crippen LogP contribution in [0.4, 0.5) is 4.79 Å². The van der Waals surface area contributed by atoms with E-state index in [4.69, 9.17) is 28.1 Å². The van der Waals surface area contributed by atoms with E-state index >= 15 is 4.79 Å². The number of carbonyl (C=O) groups is 6. The van der Waals surface area contributed by atoms with Crippen molar-refractivity contribution in [3.8, 4) is 0 Å². The first kappa shape index (κ1) is 49.0. The van der Waals surface area contributed by atoms with Crippen LogP contribution in [0.3, 0.4) is 0 Å². The number of rotatable bonds is 12. The normalized spacial score (nSPS) is 31.9. The Morgan fingerprint density at radius 1 is 0.971 bits per heavy atom. The van der Waals surface area contributed by atoms with Crippen LogP contribution < -0.4 is 5.32 Å². The van der Waals surface area contributed by atoms with E-state index in [0.29, 0.717) is 13.1 Å². The number of amides is 2. The molecule has 2 saturated carbocycles. The maximum Gasteiger partial charge on any atom is 0.410 e. The third kappa shape index (κ3) is 8.33. The number of aliphatic hydroxyl groups excluding tert-OH is 2. The highest BCUT2D eigenvalue weighted by Gasteiger charge is 2.78. The molecule has 2 aromatic heterocycles. The minimum Gasteiger partial charge on any atom is -0.467 e. The lowest BCUT2D eigenvalue weighted by Crippen LogP contribution is -2.82. The van der Waals surface area contributed by atoms with Gasteiger partial charge in [0.2, 0.25) is 0 Å². The first-order valence-corrected chi connectivity index (χ1v) is 23.8. The van der Waals surface area contributed by atoms with Gasteiger partial charge in [-0.25, -0.2) is 14.4 Å². The van der Waals surface area contributed by atoms with Crippen LogP contribution >= 0.6 is 11.3 Å². The number of nitrogens with one attached hydrogen (secondary N) is 1. The quantitative estimate of drug-likeness (QED) is 0.114. The number of hydrogen-bond acceptors (Lipinski definition) is 17. The van der Waals surface area contributed by atoms with Gasteiger partial charge in [0.15, 0.2) is 23.6 Å². The fourth-order valence-electron chi connectivity index (χ4n) is 11.2. The lowest BCUT2D eigenvalue weighted by atomic mass is 9.44. The molecule has 8 rings (SSSR count). The first-order chi connectivity index (χ1) is 32.3. The molecule has 1 aromatic carbocycles. The number of thiophene rings is 1. The minimum atomic E-state index is -2.43. The molecule has 18 nitrogen and oxygen atoms in total. The molecule has 1 unspecified atom stereocenters. The zero-order valence-corrected chi connectivity index (χ0v) is 39.7. The molecule has 2 saturated heterocycles. The molecule has 4 fully saturated rings. The van der Waals surface area contributed by atoms with Crippen LogP contribution in [0.25, 0.3) is 0 Å². The van der Waals surface area contributed by atoms with Gasteiger partial charge in [-0.15, -0.1) is 11.3 Å². The summed E-state index contributed by atoms with van der Waals surface area (Å²) in [7, 11) is 0. The second kappa shape index (κ2) is 18.8. The van der Waals surface area contributed by atoms with Crippen LogP contribution in [0, 0.1) is 16.7 Å². The Bertz CT molecular complexity index is 2420. The Hall–Kier alpha value is -5.44. The molecule has 4 heterocycles. The number of hydrogen-bond donors (Lipinski definition) is 4. The molecule has 2 bridgehead atoms. The van der Waals surface area contributed by atoms with Gasteiger partial charge in [0.1, 0.15) is 35.7 Å². The van der Waals surface area contributed by atoms with Crippen LogP contribution in [0.2, 0.25) is 0 Å². The number of carbonyl (C=O) groups excluding carboxylic acids is 6. The molecule has 2 aliphatic heterocycles. The summed E-state index contributed by atoms with van der Waals surface area (Å²) in [5.41, 5.74) is -7.80. The SMILES string of the molecule is CCCN1CCN(C(=O)O[C@H]2C(=O)[C@@]3(C)C([C@H](OC(=O)c4ccccc4)[C@]4(O)C[C@H](OC(=O)[C@H](O)[C@H](NC(=O)c5cccs5)c5ccco5)C(C)=C2C4(C)C)[C@]2(OC(C)=O)CO[C@@H]2C[C@@H]3O)CC1. The third-order valence-electron chi connectivity index (χ3n) is 15.0. The van der Waals surface area contributed by atoms with Gasteiger partial charge < -0.3 is 53.6 Å². The summed E-state index contributed by atoms with van der Waals surface area (Å²) >= 11 is 1.13. The van der Waals surface area contributed by atoms with Gasteiger partial charge in [-0.2, -0.15) is 0 Å². The van der Waals surface area contributed by atoms with Gasteiger partial charge in [-0.05, 0) is 73.7 Å². The standard InChI is InChI=1S/C49H59N3O15S/c1-7-17-51-18-20-52(21-19-51)45(60)65-38-35-27(2)31(64-44(59)37(55)36(30-15-11-22-62-30)50-42(57)32-16-12-23-68-32)25-49(61,46(35,4)5)41(66-43(58)29-13-9-8-10-14-29)39-47(6,40(38)56)33(54)24-34-48(39,26-63-34)67-28(3)53/h8-16,22-23,31,33-34,36-39,41,54-55,61H,7,17-21,24-26H2,1-6H3,(H,50,57)/t31-,33-,34+,36+,37+,38+,39?,41-,47+,48-,49+/m0/s1. The highest BCUT2D eigenvalue weighted by atomic mass is 32.1. The number of benzene rings is 1. The Morgan fingerprint density at radius 3 is 2.29 bits per heavy atom. The van der Waals surface area contributed by atoms with Crippen molar-refractivity contribution in [1.82, 2.24) is 15.1 Å². The molecule has 2 amide bonds. The zero-order chi connectivity index (χ0) is 48.9. The van der Waals surface area contributed by atoms with Crippen molar-refractivity contribution in [2.24, 2.45) is 16.7 Å². The maximum atomic E-state index is 16.0. The largest absolute Gasteiger partial charge is 0.467 e. The van der Waals surface area contributed by atoms with Crippen molar-refractivity contribution in [2.45, 2.75) is 115 Å². The van der Waals surface area contributed by atoms with E-state index in [1.165, 1.54) is 42.4 Å². The number of piperazine rings is 1. The van der Waals surface area contributed by atoms with Gasteiger partial charge in [0, 0.05) is 51.4 Å². The number of ketones is 1.